The molecular formula is C22H26BrN3O4S. The summed E-state index contributed by atoms with van der Waals surface area (Å²) in [5, 5.41) is 1.74. The lowest BCUT2D eigenvalue weighted by molar-refractivity contribution is -0.144. The van der Waals surface area contributed by atoms with Gasteiger partial charge in [0, 0.05) is 31.2 Å². The standard InChI is InChI=1S/C22H26BrN3O4S/c1-24(31(29,30)19-9-7-16-13-18(23)8-6-17(16)14-19)20-5-4-12-26(22(20)28)15-21(27)25-10-2-3-11-25/h6-9,13-14,20H,2-5,10-12,15H2,1H3. The minimum absolute atomic E-state index is 0.0219. The van der Waals surface area contributed by atoms with Crippen molar-refractivity contribution in [3.8, 4) is 0 Å². The van der Waals surface area contributed by atoms with Gasteiger partial charge in [-0.3, -0.25) is 9.59 Å². The smallest absolute Gasteiger partial charge is 0.243 e. The number of fused-ring (bicyclic) bond motifs is 1. The highest BCUT2D eigenvalue weighted by atomic mass is 79.9. The molecule has 1 unspecified atom stereocenters. The number of hydrogen-bond acceptors (Lipinski definition) is 4. The zero-order valence-electron chi connectivity index (χ0n) is 17.5. The Kier molecular flexibility index (Phi) is 6.37. The van der Waals surface area contributed by atoms with Gasteiger partial charge in [-0.2, -0.15) is 4.31 Å². The topological polar surface area (TPSA) is 78.0 Å². The van der Waals surface area contributed by atoms with Crippen molar-refractivity contribution < 1.29 is 18.0 Å². The Morgan fingerprint density at radius 2 is 1.74 bits per heavy atom. The molecule has 2 aromatic rings. The highest BCUT2D eigenvalue weighted by Crippen LogP contribution is 2.27. The highest BCUT2D eigenvalue weighted by Gasteiger charge is 2.38. The van der Waals surface area contributed by atoms with Crippen molar-refractivity contribution in [2.75, 3.05) is 33.2 Å². The molecule has 2 saturated heterocycles. The lowest BCUT2D eigenvalue weighted by Gasteiger charge is -2.36. The van der Waals surface area contributed by atoms with Gasteiger partial charge in [0.15, 0.2) is 0 Å². The SMILES string of the molecule is CN(C1CCCN(CC(=O)N2CCCC2)C1=O)S(=O)(=O)c1ccc2cc(Br)ccc2c1. The molecule has 2 aromatic carbocycles. The van der Waals surface area contributed by atoms with E-state index in [1.54, 1.807) is 23.1 Å². The number of sulfonamides is 1. The number of carbonyl (C=O) groups is 2. The largest absolute Gasteiger partial charge is 0.341 e. The quantitative estimate of drug-likeness (QED) is 0.623. The number of likely N-dealkylation sites (tertiary alicyclic amines) is 2. The van der Waals surface area contributed by atoms with Crippen LogP contribution in [0.3, 0.4) is 0 Å². The lowest BCUT2D eigenvalue weighted by atomic mass is 10.1. The van der Waals surface area contributed by atoms with Crippen LogP contribution < -0.4 is 0 Å². The van der Waals surface area contributed by atoms with E-state index in [4.69, 9.17) is 0 Å². The summed E-state index contributed by atoms with van der Waals surface area (Å²) in [6.45, 7) is 1.97. The number of benzene rings is 2. The summed E-state index contributed by atoms with van der Waals surface area (Å²) in [5.41, 5.74) is 0. The third-order valence-corrected chi connectivity index (χ3v) is 8.53. The van der Waals surface area contributed by atoms with Crippen molar-refractivity contribution in [1.82, 2.24) is 14.1 Å². The fourth-order valence-corrected chi connectivity index (χ4v) is 6.09. The molecule has 166 valence electrons. The molecule has 2 heterocycles. The number of piperidine rings is 1. The number of amides is 2. The second kappa shape index (κ2) is 8.88. The first-order valence-electron chi connectivity index (χ1n) is 10.5. The van der Waals surface area contributed by atoms with Crippen LogP contribution in [0.5, 0.6) is 0 Å². The number of rotatable bonds is 5. The molecule has 0 aromatic heterocycles. The number of hydrogen-bond donors (Lipinski definition) is 0. The van der Waals surface area contributed by atoms with E-state index >= 15 is 0 Å². The Morgan fingerprint density at radius 3 is 2.48 bits per heavy atom. The van der Waals surface area contributed by atoms with Crippen LogP contribution in [0.1, 0.15) is 25.7 Å². The van der Waals surface area contributed by atoms with Gasteiger partial charge in [0.2, 0.25) is 21.8 Å². The molecule has 2 aliphatic heterocycles. The summed E-state index contributed by atoms with van der Waals surface area (Å²) in [6, 6.07) is 9.82. The zero-order valence-corrected chi connectivity index (χ0v) is 19.9. The zero-order chi connectivity index (χ0) is 22.2. The molecular weight excluding hydrogens is 482 g/mol. The van der Waals surface area contributed by atoms with E-state index in [-0.39, 0.29) is 23.3 Å². The molecule has 0 bridgehead atoms. The van der Waals surface area contributed by atoms with E-state index in [2.05, 4.69) is 15.9 Å². The van der Waals surface area contributed by atoms with Crippen molar-refractivity contribution in [1.29, 1.82) is 0 Å². The minimum atomic E-state index is -3.86. The normalized spacial score (nSPS) is 20.1. The van der Waals surface area contributed by atoms with Crippen molar-refractivity contribution in [2.45, 2.75) is 36.6 Å². The highest BCUT2D eigenvalue weighted by molar-refractivity contribution is 9.10. The molecule has 0 aliphatic carbocycles. The van der Waals surface area contributed by atoms with Crippen LogP contribution in [0.15, 0.2) is 45.8 Å². The maximum absolute atomic E-state index is 13.3. The molecule has 0 saturated carbocycles. The average Bonchev–Trinajstić information content (AvgIpc) is 3.29. The summed E-state index contributed by atoms with van der Waals surface area (Å²) >= 11 is 3.42. The number of nitrogens with zero attached hydrogens (tertiary/aromatic N) is 3. The second-order valence-corrected chi connectivity index (χ2v) is 11.1. The van der Waals surface area contributed by atoms with E-state index in [1.807, 2.05) is 18.2 Å². The molecule has 0 radical (unpaired) electrons. The molecule has 7 nitrogen and oxygen atoms in total. The third kappa shape index (κ3) is 4.49. The van der Waals surface area contributed by atoms with Gasteiger partial charge in [-0.25, -0.2) is 8.42 Å². The third-order valence-electron chi connectivity index (χ3n) is 6.18. The van der Waals surface area contributed by atoms with Gasteiger partial charge < -0.3 is 9.80 Å². The summed E-state index contributed by atoms with van der Waals surface area (Å²) in [6.07, 6.45) is 3.09. The van der Waals surface area contributed by atoms with Gasteiger partial charge >= 0.3 is 0 Å². The summed E-state index contributed by atoms with van der Waals surface area (Å²) in [7, 11) is -2.41. The van der Waals surface area contributed by atoms with E-state index in [1.165, 1.54) is 16.3 Å². The van der Waals surface area contributed by atoms with Gasteiger partial charge in [-0.15, -0.1) is 0 Å². The van der Waals surface area contributed by atoms with Gasteiger partial charge in [-0.05, 0) is 60.7 Å². The van der Waals surface area contributed by atoms with Gasteiger partial charge in [-0.1, -0.05) is 28.1 Å². The predicted molar refractivity (Wildman–Crippen MR) is 122 cm³/mol. The van der Waals surface area contributed by atoms with Crippen LogP contribution >= 0.6 is 15.9 Å². The monoisotopic (exact) mass is 507 g/mol. The van der Waals surface area contributed by atoms with Crippen molar-refractivity contribution in [3.05, 3.63) is 40.9 Å². The average molecular weight is 508 g/mol. The Balaban J connectivity index is 1.53. The van der Waals surface area contributed by atoms with E-state index in [0.29, 0.717) is 19.4 Å². The molecule has 4 rings (SSSR count). The van der Waals surface area contributed by atoms with Crippen molar-refractivity contribution in [2.24, 2.45) is 0 Å². The molecule has 0 spiro atoms. The van der Waals surface area contributed by atoms with E-state index in [0.717, 1.165) is 41.2 Å². The van der Waals surface area contributed by atoms with Crippen LogP contribution in [0, 0.1) is 0 Å². The van der Waals surface area contributed by atoms with Crippen LogP contribution in [0.4, 0.5) is 0 Å². The number of halogens is 1. The lowest BCUT2D eigenvalue weighted by Crippen LogP contribution is -2.54. The fraction of sp³-hybridized carbons (Fsp3) is 0.455. The second-order valence-electron chi connectivity index (χ2n) is 8.18. The molecule has 1 atom stereocenters. The van der Waals surface area contributed by atoms with Gasteiger partial charge in [0.05, 0.1) is 11.4 Å². The summed E-state index contributed by atoms with van der Waals surface area (Å²) in [4.78, 5) is 29.0. The molecule has 2 amide bonds. The first-order valence-corrected chi connectivity index (χ1v) is 12.7. The Bertz CT molecular complexity index is 1110. The molecule has 0 N–H and O–H groups in total. The molecule has 2 fully saturated rings. The maximum atomic E-state index is 13.3. The van der Waals surface area contributed by atoms with Crippen LogP contribution in [-0.4, -0.2) is 73.6 Å². The van der Waals surface area contributed by atoms with Crippen LogP contribution in [-0.2, 0) is 19.6 Å². The predicted octanol–water partition coefficient (Wildman–Crippen LogP) is 2.84. The number of likely N-dealkylation sites (N-methyl/N-ethyl adjacent to an activating group) is 1. The first-order chi connectivity index (χ1) is 14.8. The number of carbonyl (C=O) groups excluding carboxylic acids is 2. The Labute approximate surface area is 191 Å². The van der Waals surface area contributed by atoms with Crippen molar-refractivity contribution >= 4 is 48.5 Å². The van der Waals surface area contributed by atoms with Crippen LogP contribution in [0.25, 0.3) is 10.8 Å². The van der Waals surface area contributed by atoms with Crippen molar-refractivity contribution in [3.63, 3.8) is 0 Å². The Hall–Kier alpha value is -1.97. The van der Waals surface area contributed by atoms with E-state index < -0.39 is 16.1 Å². The minimum Gasteiger partial charge on any atom is -0.341 e. The van der Waals surface area contributed by atoms with Gasteiger partial charge in [0.1, 0.15) is 6.04 Å². The van der Waals surface area contributed by atoms with Gasteiger partial charge in [0.25, 0.3) is 0 Å². The maximum Gasteiger partial charge on any atom is 0.243 e. The summed E-state index contributed by atoms with van der Waals surface area (Å²) in [5.74, 6) is -0.354. The molecule has 9 heteroatoms. The molecule has 2 aliphatic rings. The van der Waals surface area contributed by atoms with E-state index in [9.17, 15) is 18.0 Å². The van der Waals surface area contributed by atoms with Crippen LogP contribution in [0.2, 0.25) is 0 Å². The first kappa shape index (κ1) is 22.2. The Morgan fingerprint density at radius 1 is 1.06 bits per heavy atom. The molecule has 31 heavy (non-hydrogen) atoms. The summed E-state index contributed by atoms with van der Waals surface area (Å²) < 4.78 is 28.7. The fourth-order valence-electron chi connectivity index (χ4n) is 4.33.